The largest absolute Gasteiger partial charge is 0.497 e. The van der Waals surface area contributed by atoms with Crippen molar-refractivity contribution in [2.75, 3.05) is 41.6 Å². The van der Waals surface area contributed by atoms with E-state index < -0.39 is 35.7 Å². The summed E-state index contributed by atoms with van der Waals surface area (Å²) in [6.07, 6.45) is 2.03. The monoisotopic (exact) mass is 866 g/mol. The first-order valence-electron chi connectivity index (χ1n) is 20.8. The SMILES string of the molecule is CCCC[C@H](CC(=O)N(Cc1ccc(OC)cc1OC)OCc1ccc(OC)cc1)C(=O)N[C@@H](Cc1csc2ccccc12)C(=O)NC(Cc1ccccc1)C(=O)NCCOC. The molecule has 0 saturated heterocycles. The topological polar surface area (TPSA) is 154 Å². The summed E-state index contributed by atoms with van der Waals surface area (Å²) in [7, 11) is 6.23. The third-order valence-electron chi connectivity index (χ3n) is 10.5. The van der Waals surface area contributed by atoms with Crippen molar-refractivity contribution in [3.63, 3.8) is 0 Å². The van der Waals surface area contributed by atoms with E-state index in [1.54, 1.807) is 50.9 Å². The molecule has 0 aliphatic heterocycles. The Kier molecular flexibility index (Phi) is 18.6. The summed E-state index contributed by atoms with van der Waals surface area (Å²) in [5.41, 5.74) is 3.21. The number of fused-ring (bicyclic) bond motifs is 1. The number of rotatable bonds is 25. The molecule has 1 heterocycles. The lowest BCUT2D eigenvalue weighted by Crippen LogP contribution is -2.56. The van der Waals surface area contributed by atoms with Crippen LogP contribution in [0.2, 0.25) is 0 Å². The van der Waals surface area contributed by atoms with Crippen LogP contribution < -0.4 is 30.2 Å². The van der Waals surface area contributed by atoms with Crippen LogP contribution >= 0.6 is 11.3 Å². The number of hydrogen-bond acceptors (Lipinski definition) is 10. The second-order valence-electron chi connectivity index (χ2n) is 14.8. The molecule has 3 N–H and O–H groups in total. The molecule has 5 rings (SSSR count). The van der Waals surface area contributed by atoms with Gasteiger partial charge >= 0.3 is 0 Å². The van der Waals surface area contributed by atoms with Gasteiger partial charge in [0.2, 0.25) is 23.6 Å². The molecule has 0 saturated carbocycles. The lowest BCUT2D eigenvalue weighted by Gasteiger charge is -2.27. The van der Waals surface area contributed by atoms with Gasteiger partial charge < -0.3 is 34.9 Å². The number of carbonyl (C=O) groups excluding carboxylic acids is 4. The van der Waals surface area contributed by atoms with Gasteiger partial charge in [-0.15, -0.1) is 11.3 Å². The molecule has 3 atom stereocenters. The molecule has 1 unspecified atom stereocenters. The molecule has 1 aromatic heterocycles. The number of nitrogens with one attached hydrogen (secondary N) is 3. The van der Waals surface area contributed by atoms with Gasteiger partial charge in [-0.1, -0.05) is 80.4 Å². The van der Waals surface area contributed by atoms with Crippen molar-refractivity contribution in [3.05, 3.63) is 125 Å². The molecule has 0 aliphatic carbocycles. The first kappa shape index (κ1) is 47.1. The van der Waals surface area contributed by atoms with Gasteiger partial charge in [0.1, 0.15) is 35.9 Å². The van der Waals surface area contributed by atoms with Gasteiger partial charge in [0.25, 0.3) is 0 Å². The van der Waals surface area contributed by atoms with Crippen LogP contribution in [0.25, 0.3) is 10.1 Å². The number of benzene rings is 4. The molecule has 13 nitrogen and oxygen atoms in total. The van der Waals surface area contributed by atoms with Crippen molar-refractivity contribution in [3.8, 4) is 17.2 Å². The fraction of sp³-hybridized carbons (Fsp3) is 0.375. The van der Waals surface area contributed by atoms with Gasteiger partial charge in [0.15, 0.2) is 0 Å². The number of thiophene rings is 1. The molecule has 4 aromatic carbocycles. The van der Waals surface area contributed by atoms with Crippen LogP contribution in [0.15, 0.2) is 102 Å². The Balaban J connectivity index is 1.41. The van der Waals surface area contributed by atoms with E-state index in [-0.39, 0.29) is 44.9 Å². The number of carbonyl (C=O) groups is 4. The molecule has 0 radical (unpaired) electrons. The fourth-order valence-electron chi connectivity index (χ4n) is 6.95. The van der Waals surface area contributed by atoms with Crippen molar-refractivity contribution in [1.29, 1.82) is 0 Å². The summed E-state index contributed by atoms with van der Waals surface area (Å²) in [5, 5.41) is 13.1. The van der Waals surface area contributed by atoms with Crippen molar-refractivity contribution >= 4 is 45.1 Å². The highest BCUT2D eigenvalue weighted by atomic mass is 32.1. The van der Waals surface area contributed by atoms with Crippen LogP contribution in [0.4, 0.5) is 0 Å². The van der Waals surface area contributed by atoms with E-state index in [9.17, 15) is 19.2 Å². The molecule has 14 heteroatoms. The molecular weight excluding hydrogens is 809 g/mol. The molecule has 0 fully saturated rings. The van der Waals surface area contributed by atoms with Crippen LogP contribution in [-0.2, 0) is 54.7 Å². The van der Waals surface area contributed by atoms with Crippen LogP contribution in [0.5, 0.6) is 17.2 Å². The third-order valence-corrected chi connectivity index (χ3v) is 11.5. The van der Waals surface area contributed by atoms with E-state index in [1.807, 2.05) is 91.2 Å². The van der Waals surface area contributed by atoms with Crippen molar-refractivity contribution in [1.82, 2.24) is 21.0 Å². The Hall–Kier alpha value is -5.96. The van der Waals surface area contributed by atoms with Crippen LogP contribution in [0, 0.1) is 5.92 Å². The van der Waals surface area contributed by atoms with Gasteiger partial charge in [0.05, 0.1) is 34.5 Å². The normalized spacial score (nSPS) is 12.5. The maximum Gasteiger partial charge on any atom is 0.247 e. The highest BCUT2D eigenvalue weighted by molar-refractivity contribution is 7.17. The van der Waals surface area contributed by atoms with Crippen LogP contribution in [-0.4, -0.2) is 82.4 Å². The quantitative estimate of drug-likeness (QED) is 0.0425. The Morgan fingerprint density at radius 3 is 2.11 bits per heavy atom. The van der Waals surface area contributed by atoms with Crippen molar-refractivity contribution in [2.45, 2.75) is 70.7 Å². The highest BCUT2D eigenvalue weighted by Gasteiger charge is 2.32. The van der Waals surface area contributed by atoms with E-state index in [4.69, 9.17) is 23.8 Å². The number of ether oxygens (including phenoxy) is 4. The van der Waals surface area contributed by atoms with Gasteiger partial charge in [-0.05, 0) is 64.2 Å². The minimum absolute atomic E-state index is 0.0236. The summed E-state index contributed by atoms with van der Waals surface area (Å²) in [6.45, 7) is 2.67. The van der Waals surface area contributed by atoms with Gasteiger partial charge in [0, 0.05) is 55.2 Å². The Labute approximate surface area is 368 Å². The van der Waals surface area contributed by atoms with E-state index in [1.165, 1.54) is 12.2 Å². The predicted octanol–water partition coefficient (Wildman–Crippen LogP) is 6.80. The molecule has 330 valence electrons. The first-order valence-corrected chi connectivity index (χ1v) is 21.7. The molecule has 0 aliphatic rings. The number of unbranched alkanes of at least 4 members (excludes halogenated alkanes) is 1. The lowest BCUT2D eigenvalue weighted by atomic mass is 9.95. The summed E-state index contributed by atoms with van der Waals surface area (Å²) in [5.74, 6) is -0.798. The fourth-order valence-corrected chi connectivity index (χ4v) is 7.92. The predicted molar refractivity (Wildman–Crippen MR) is 240 cm³/mol. The van der Waals surface area contributed by atoms with E-state index >= 15 is 0 Å². The highest BCUT2D eigenvalue weighted by Crippen LogP contribution is 2.29. The molecule has 0 spiro atoms. The zero-order valence-corrected chi connectivity index (χ0v) is 37.0. The maximum absolute atomic E-state index is 14.5. The zero-order chi connectivity index (χ0) is 44.3. The smallest absolute Gasteiger partial charge is 0.247 e. The summed E-state index contributed by atoms with van der Waals surface area (Å²) in [4.78, 5) is 63.1. The lowest BCUT2D eigenvalue weighted by molar-refractivity contribution is -0.197. The Morgan fingerprint density at radius 2 is 1.40 bits per heavy atom. The van der Waals surface area contributed by atoms with Gasteiger partial charge in [-0.3, -0.25) is 24.0 Å². The van der Waals surface area contributed by atoms with E-state index in [2.05, 4.69) is 16.0 Å². The molecule has 62 heavy (non-hydrogen) atoms. The number of methoxy groups -OCH3 is 4. The van der Waals surface area contributed by atoms with E-state index in [0.29, 0.717) is 42.3 Å². The minimum Gasteiger partial charge on any atom is -0.497 e. The number of amides is 4. The third kappa shape index (κ3) is 13.8. The maximum atomic E-state index is 14.5. The second-order valence-corrected chi connectivity index (χ2v) is 15.7. The van der Waals surface area contributed by atoms with Crippen LogP contribution in [0.1, 0.15) is 54.9 Å². The Morgan fingerprint density at radius 1 is 0.710 bits per heavy atom. The standard InChI is InChI=1S/C48H58N4O9S/c1-6-7-15-35(28-45(53)52(61-31-34-18-21-38(58-3)22-19-34)30-36-20-23-39(59-4)29-43(36)60-5)46(54)50-42(27-37-32-62-44-17-12-11-16-40(37)44)48(56)51-41(47(55)49-24-25-57-2)26-33-13-9-8-10-14-33/h8-14,16-23,29,32,35,41-42H,6-7,15,24-28,30-31H2,1-5H3,(H,49,55)(H,50,54)(H,51,56)/t35-,41?,42+/m1/s1. The van der Waals surface area contributed by atoms with Crippen LogP contribution in [0.3, 0.4) is 0 Å². The number of hydrogen-bond donors (Lipinski definition) is 3. The van der Waals surface area contributed by atoms with E-state index in [0.717, 1.165) is 33.2 Å². The molecule has 0 bridgehead atoms. The minimum atomic E-state index is -1.07. The van der Waals surface area contributed by atoms with Crippen molar-refractivity contribution < 1.29 is 43.0 Å². The second kappa shape index (κ2) is 24.5. The number of hydroxylamine groups is 2. The first-order chi connectivity index (χ1) is 30.2. The average molecular weight is 867 g/mol. The molecular formula is C48H58N4O9S. The molecule has 5 aromatic rings. The zero-order valence-electron chi connectivity index (χ0n) is 36.1. The summed E-state index contributed by atoms with van der Waals surface area (Å²) < 4.78 is 22.5. The average Bonchev–Trinajstić information content (AvgIpc) is 3.71. The summed E-state index contributed by atoms with van der Waals surface area (Å²) >= 11 is 1.55. The Bertz CT molecular complexity index is 2200. The van der Waals surface area contributed by atoms with Gasteiger partial charge in [-0.25, -0.2) is 5.06 Å². The molecule has 4 amide bonds. The number of nitrogens with zero attached hydrogens (tertiary/aromatic N) is 1. The van der Waals surface area contributed by atoms with Crippen molar-refractivity contribution in [2.24, 2.45) is 5.92 Å². The van der Waals surface area contributed by atoms with Gasteiger partial charge in [-0.2, -0.15) is 0 Å². The summed E-state index contributed by atoms with van der Waals surface area (Å²) in [6, 6.07) is 27.9.